The molecule has 1 aromatic rings. The van der Waals surface area contributed by atoms with Crippen LogP contribution in [0.4, 0.5) is 10.5 Å². The van der Waals surface area contributed by atoms with Gasteiger partial charge in [-0.3, -0.25) is 4.79 Å². The minimum absolute atomic E-state index is 0.00896. The lowest BCUT2D eigenvalue weighted by molar-refractivity contribution is -0.119. The number of aromatic carboxylic acids is 1. The summed E-state index contributed by atoms with van der Waals surface area (Å²) in [7, 11) is 0. The van der Waals surface area contributed by atoms with E-state index < -0.39 is 23.9 Å². The Morgan fingerprint density at radius 1 is 1.43 bits per heavy atom. The third-order valence-corrected chi connectivity index (χ3v) is 3.34. The molecule has 2 unspecified atom stereocenters. The minimum Gasteiger partial charge on any atom is -0.478 e. The molecule has 3 amide bonds. The van der Waals surface area contributed by atoms with Crippen molar-refractivity contribution in [2.24, 2.45) is 11.7 Å². The number of H-pyrrole nitrogens is 1. The number of aromatic amines is 1. The molecule has 0 aliphatic rings. The van der Waals surface area contributed by atoms with Crippen LogP contribution in [-0.4, -0.2) is 34.0 Å². The summed E-state index contributed by atoms with van der Waals surface area (Å²) in [5.41, 5.74) is 5.65. The summed E-state index contributed by atoms with van der Waals surface area (Å²) >= 11 is 0. The van der Waals surface area contributed by atoms with Crippen LogP contribution in [0.1, 0.15) is 36.3 Å². The first-order chi connectivity index (χ1) is 9.77. The van der Waals surface area contributed by atoms with Gasteiger partial charge in [0.25, 0.3) is 0 Å². The first-order valence-electron chi connectivity index (χ1n) is 6.56. The van der Waals surface area contributed by atoms with Crippen molar-refractivity contribution in [3.8, 4) is 0 Å². The van der Waals surface area contributed by atoms with Crippen LogP contribution in [0.2, 0.25) is 0 Å². The quantitative estimate of drug-likeness (QED) is 0.535. The van der Waals surface area contributed by atoms with Crippen molar-refractivity contribution < 1.29 is 19.5 Å². The van der Waals surface area contributed by atoms with Gasteiger partial charge in [0.2, 0.25) is 5.91 Å². The fourth-order valence-corrected chi connectivity index (χ4v) is 1.97. The summed E-state index contributed by atoms with van der Waals surface area (Å²) in [6.07, 6.45) is 2.05. The number of hydrogen-bond donors (Lipinski definition) is 5. The van der Waals surface area contributed by atoms with Gasteiger partial charge in [-0.1, -0.05) is 20.3 Å². The van der Waals surface area contributed by atoms with Crippen LogP contribution in [0.25, 0.3) is 0 Å². The molecule has 0 radical (unpaired) electrons. The predicted molar refractivity (Wildman–Crippen MR) is 77.1 cm³/mol. The molecule has 0 saturated carbocycles. The van der Waals surface area contributed by atoms with E-state index in [1.54, 1.807) is 13.8 Å². The van der Waals surface area contributed by atoms with Crippen molar-refractivity contribution in [3.63, 3.8) is 0 Å². The van der Waals surface area contributed by atoms with Gasteiger partial charge in [-0.05, 0) is 12.8 Å². The number of nitrogens with one attached hydrogen (secondary N) is 3. The molecule has 0 spiro atoms. The molecule has 8 nitrogen and oxygen atoms in total. The Morgan fingerprint density at radius 2 is 2.05 bits per heavy atom. The molecular formula is C13H20N4O4. The number of urea groups is 1. The zero-order valence-electron chi connectivity index (χ0n) is 12.2. The number of carboxylic acid groups (broad SMARTS) is 1. The Morgan fingerprint density at radius 3 is 2.52 bits per heavy atom. The van der Waals surface area contributed by atoms with E-state index in [1.807, 2.05) is 6.92 Å². The largest absolute Gasteiger partial charge is 0.478 e. The summed E-state index contributed by atoms with van der Waals surface area (Å²) in [4.78, 5) is 37.1. The number of primary amides is 1. The van der Waals surface area contributed by atoms with Crippen LogP contribution >= 0.6 is 0 Å². The SMILES string of the molecule is CCC(C)C(NC(N)=O)C(=O)Nc1c[nH]c(C)c1C(=O)O. The van der Waals surface area contributed by atoms with Crippen LogP contribution in [0.15, 0.2) is 6.20 Å². The van der Waals surface area contributed by atoms with Crippen LogP contribution in [0.5, 0.6) is 0 Å². The van der Waals surface area contributed by atoms with E-state index in [1.165, 1.54) is 6.20 Å². The number of anilines is 1. The Balaban J connectivity index is 2.96. The second kappa shape index (κ2) is 6.78. The van der Waals surface area contributed by atoms with Crippen LogP contribution in [-0.2, 0) is 4.79 Å². The summed E-state index contributed by atoms with van der Waals surface area (Å²) in [5.74, 6) is -1.80. The van der Waals surface area contributed by atoms with Gasteiger partial charge in [0.15, 0.2) is 0 Å². The highest BCUT2D eigenvalue weighted by Crippen LogP contribution is 2.20. The molecule has 0 bridgehead atoms. The normalized spacial score (nSPS) is 13.3. The zero-order valence-corrected chi connectivity index (χ0v) is 12.2. The fraction of sp³-hybridized carbons (Fsp3) is 0.462. The zero-order chi connectivity index (χ0) is 16.2. The molecule has 2 atom stereocenters. The molecule has 8 heteroatoms. The van der Waals surface area contributed by atoms with Crippen molar-refractivity contribution in [3.05, 3.63) is 17.5 Å². The molecule has 0 fully saturated rings. The fourth-order valence-electron chi connectivity index (χ4n) is 1.97. The van der Waals surface area contributed by atoms with Gasteiger partial charge in [0.05, 0.1) is 5.69 Å². The van der Waals surface area contributed by atoms with Gasteiger partial charge in [-0.15, -0.1) is 0 Å². The molecule has 0 saturated heterocycles. The maximum absolute atomic E-state index is 12.2. The van der Waals surface area contributed by atoms with Gasteiger partial charge in [-0.25, -0.2) is 9.59 Å². The monoisotopic (exact) mass is 296 g/mol. The molecule has 0 aliphatic carbocycles. The standard InChI is InChI=1S/C13H20N4O4/c1-4-6(2)10(17-13(14)21)11(18)16-8-5-15-7(3)9(8)12(19)20/h5-6,10,15H,4H2,1-3H3,(H,16,18)(H,19,20)(H3,14,17,21). The average Bonchev–Trinajstić information content (AvgIpc) is 2.75. The number of carbonyl (C=O) groups excluding carboxylic acids is 2. The summed E-state index contributed by atoms with van der Waals surface area (Å²) in [5, 5.41) is 14.0. The first-order valence-corrected chi connectivity index (χ1v) is 6.56. The van der Waals surface area contributed by atoms with E-state index in [0.29, 0.717) is 12.1 Å². The van der Waals surface area contributed by atoms with E-state index in [2.05, 4.69) is 15.6 Å². The van der Waals surface area contributed by atoms with Gasteiger partial charge < -0.3 is 26.5 Å². The number of rotatable bonds is 6. The van der Waals surface area contributed by atoms with Crippen molar-refractivity contribution in [1.82, 2.24) is 10.3 Å². The number of nitrogens with two attached hydrogens (primary N) is 1. The Labute approximate surface area is 122 Å². The number of aryl methyl sites for hydroxylation is 1. The molecule has 1 rings (SSSR count). The van der Waals surface area contributed by atoms with E-state index in [0.717, 1.165) is 0 Å². The highest BCUT2D eigenvalue weighted by atomic mass is 16.4. The van der Waals surface area contributed by atoms with Gasteiger partial charge in [0.1, 0.15) is 11.6 Å². The minimum atomic E-state index is -1.15. The Bertz CT molecular complexity index is 552. The van der Waals surface area contributed by atoms with Crippen molar-refractivity contribution >= 4 is 23.6 Å². The van der Waals surface area contributed by atoms with Gasteiger partial charge >= 0.3 is 12.0 Å². The number of aromatic nitrogens is 1. The number of carboxylic acids is 1. The maximum Gasteiger partial charge on any atom is 0.339 e. The second-order valence-corrected chi connectivity index (χ2v) is 4.87. The Hall–Kier alpha value is -2.51. The lowest BCUT2D eigenvalue weighted by Crippen LogP contribution is -2.49. The van der Waals surface area contributed by atoms with E-state index in [4.69, 9.17) is 10.8 Å². The number of amides is 3. The summed E-state index contributed by atoms with van der Waals surface area (Å²) in [6.45, 7) is 5.25. The Kier molecular flexibility index (Phi) is 5.34. The third-order valence-electron chi connectivity index (χ3n) is 3.34. The molecule has 0 aromatic carbocycles. The van der Waals surface area contributed by atoms with E-state index in [-0.39, 0.29) is 17.2 Å². The van der Waals surface area contributed by atoms with Gasteiger partial charge in [0, 0.05) is 11.9 Å². The van der Waals surface area contributed by atoms with Crippen LogP contribution < -0.4 is 16.4 Å². The summed E-state index contributed by atoms with van der Waals surface area (Å²) in [6, 6.07) is -1.64. The number of carbonyl (C=O) groups is 3. The van der Waals surface area contributed by atoms with E-state index in [9.17, 15) is 14.4 Å². The molecule has 116 valence electrons. The van der Waals surface area contributed by atoms with E-state index >= 15 is 0 Å². The molecule has 6 N–H and O–H groups in total. The second-order valence-electron chi connectivity index (χ2n) is 4.87. The highest BCUT2D eigenvalue weighted by Gasteiger charge is 2.27. The molecular weight excluding hydrogens is 276 g/mol. The lowest BCUT2D eigenvalue weighted by Gasteiger charge is -2.22. The predicted octanol–water partition coefficient (Wildman–Crippen LogP) is 1.04. The smallest absolute Gasteiger partial charge is 0.339 e. The number of hydrogen-bond acceptors (Lipinski definition) is 3. The molecule has 21 heavy (non-hydrogen) atoms. The molecule has 1 aromatic heterocycles. The van der Waals surface area contributed by atoms with Gasteiger partial charge in [-0.2, -0.15) is 0 Å². The average molecular weight is 296 g/mol. The van der Waals surface area contributed by atoms with Crippen molar-refractivity contribution in [2.75, 3.05) is 5.32 Å². The topological polar surface area (TPSA) is 137 Å². The lowest BCUT2D eigenvalue weighted by atomic mass is 9.98. The molecule has 1 heterocycles. The van der Waals surface area contributed by atoms with Crippen LogP contribution in [0.3, 0.4) is 0 Å². The maximum atomic E-state index is 12.2. The van der Waals surface area contributed by atoms with Crippen molar-refractivity contribution in [2.45, 2.75) is 33.2 Å². The highest BCUT2D eigenvalue weighted by molar-refractivity contribution is 6.03. The third kappa shape index (κ3) is 3.98. The summed E-state index contributed by atoms with van der Waals surface area (Å²) < 4.78 is 0. The first kappa shape index (κ1) is 16.5. The van der Waals surface area contributed by atoms with Crippen LogP contribution in [0, 0.1) is 12.8 Å². The molecule has 0 aliphatic heterocycles. The van der Waals surface area contributed by atoms with Crippen molar-refractivity contribution in [1.29, 1.82) is 0 Å².